The molecule has 2 N–H and O–H groups in total. The summed E-state index contributed by atoms with van der Waals surface area (Å²) in [5.74, 6) is -0.158. The van der Waals surface area contributed by atoms with Crippen LogP contribution in [0.4, 0.5) is 5.69 Å². The van der Waals surface area contributed by atoms with E-state index in [-0.39, 0.29) is 23.3 Å². The van der Waals surface area contributed by atoms with Crippen molar-refractivity contribution in [2.45, 2.75) is 44.6 Å². The summed E-state index contributed by atoms with van der Waals surface area (Å²) in [7, 11) is -2.40. The van der Waals surface area contributed by atoms with Crippen molar-refractivity contribution < 1.29 is 18.0 Å². The summed E-state index contributed by atoms with van der Waals surface area (Å²) in [5, 5.41) is 5.47. The number of rotatable bonds is 8. The Morgan fingerprint density at radius 3 is 2.48 bits per heavy atom. The fourth-order valence-electron chi connectivity index (χ4n) is 3.43. The molecule has 29 heavy (non-hydrogen) atoms. The Kier molecular flexibility index (Phi) is 8.18. The summed E-state index contributed by atoms with van der Waals surface area (Å²) in [6.07, 6.45) is 2.18. The molecule has 1 fully saturated rings. The van der Waals surface area contributed by atoms with Crippen LogP contribution in [0.25, 0.3) is 0 Å². The molecule has 2 rings (SSSR count). The normalized spacial score (nSPS) is 18.1. The molecule has 0 bridgehead atoms. The van der Waals surface area contributed by atoms with Gasteiger partial charge in [-0.1, -0.05) is 0 Å². The number of amides is 2. The molecule has 0 aliphatic carbocycles. The number of carbonyl (C=O) groups excluding carboxylic acids is 2. The molecule has 2 amide bonds. The molecule has 0 aromatic heterocycles. The van der Waals surface area contributed by atoms with Crippen molar-refractivity contribution in [2.24, 2.45) is 5.92 Å². The lowest BCUT2D eigenvalue weighted by molar-refractivity contribution is -0.121. The molecule has 0 spiro atoms. The second kappa shape index (κ2) is 10.2. The number of nitrogens with one attached hydrogen (secondary N) is 2. The van der Waals surface area contributed by atoms with Gasteiger partial charge in [-0.2, -0.15) is 4.31 Å². The van der Waals surface area contributed by atoms with Crippen molar-refractivity contribution in [3.8, 4) is 0 Å². The first kappa shape index (κ1) is 23.3. The van der Waals surface area contributed by atoms with Crippen molar-refractivity contribution in [1.82, 2.24) is 14.5 Å². The van der Waals surface area contributed by atoms with Crippen molar-refractivity contribution in [3.05, 3.63) is 24.3 Å². The van der Waals surface area contributed by atoms with Crippen LogP contribution in [0.15, 0.2) is 29.2 Å². The molecule has 8 nitrogen and oxygen atoms in total. The number of nitrogens with zero attached hydrogens (tertiary/aromatic N) is 2. The zero-order chi connectivity index (χ0) is 21.6. The zero-order valence-corrected chi connectivity index (χ0v) is 18.5. The molecule has 1 heterocycles. The van der Waals surface area contributed by atoms with Crippen LogP contribution in [0.3, 0.4) is 0 Å². The van der Waals surface area contributed by atoms with E-state index >= 15 is 0 Å². The third-order valence-electron chi connectivity index (χ3n) is 5.12. The van der Waals surface area contributed by atoms with Gasteiger partial charge in [0.2, 0.25) is 21.8 Å². The highest BCUT2D eigenvalue weighted by Crippen LogP contribution is 2.19. The Labute approximate surface area is 173 Å². The number of hydrogen-bond acceptors (Lipinski definition) is 5. The highest BCUT2D eigenvalue weighted by atomic mass is 32.2. The topological polar surface area (TPSA) is 98.8 Å². The van der Waals surface area contributed by atoms with Crippen molar-refractivity contribution in [2.75, 3.05) is 38.5 Å². The largest absolute Gasteiger partial charge is 0.355 e. The van der Waals surface area contributed by atoms with Crippen LogP contribution >= 0.6 is 0 Å². The molecular formula is C20H32N4O4S. The first-order chi connectivity index (χ1) is 13.6. The molecule has 162 valence electrons. The third-order valence-corrected chi connectivity index (χ3v) is 6.94. The number of sulfonamides is 1. The van der Waals surface area contributed by atoms with Crippen LogP contribution in [0.1, 0.15) is 33.6 Å². The fourth-order valence-corrected chi connectivity index (χ4v) is 4.55. The number of likely N-dealkylation sites (tertiary alicyclic amines) is 1. The van der Waals surface area contributed by atoms with Crippen LogP contribution in [-0.4, -0.2) is 68.7 Å². The van der Waals surface area contributed by atoms with Gasteiger partial charge >= 0.3 is 0 Å². The zero-order valence-electron chi connectivity index (χ0n) is 17.6. The Bertz CT molecular complexity index is 808. The van der Waals surface area contributed by atoms with E-state index in [9.17, 15) is 18.0 Å². The van der Waals surface area contributed by atoms with Crippen LogP contribution < -0.4 is 10.6 Å². The van der Waals surface area contributed by atoms with Gasteiger partial charge < -0.3 is 15.5 Å². The summed E-state index contributed by atoms with van der Waals surface area (Å²) in [6, 6.07) is 6.36. The second-order valence-electron chi connectivity index (χ2n) is 7.87. The molecule has 9 heteroatoms. The van der Waals surface area contributed by atoms with E-state index in [2.05, 4.69) is 29.4 Å². The monoisotopic (exact) mass is 424 g/mol. The lowest BCUT2D eigenvalue weighted by Gasteiger charge is -2.35. The molecular weight excluding hydrogens is 392 g/mol. The highest BCUT2D eigenvalue weighted by molar-refractivity contribution is 7.89. The van der Waals surface area contributed by atoms with E-state index in [0.29, 0.717) is 24.2 Å². The minimum absolute atomic E-state index is 0.0711. The van der Waals surface area contributed by atoms with Gasteiger partial charge in [0, 0.05) is 38.8 Å². The standard InChI is InChI=1S/C20H32N4O4S/c1-15(2)24-11-5-6-17(13-24)12-21-20(26)14-23(4)29(27,28)19-9-7-18(8-10-19)22-16(3)25/h7-10,15,17H,5-6,11-14H2,1-4H3,(H,21,26)(H,22,25). The SMILES string of the molecule is CC(=O)Nc1ccc(S(=O)(=O)N(C)CC(=O)NCC2CCCN(C(C)C)C2)cc1. The van der Waals surface area contributed by atoms with Gasteiger partial charge in [-0.05, 0) is 63.4 Å². The maximum absolute atomic E-state index is 12.7. The van der Waals surface area contributed by atoms with E-state index in [1.54, 1.807) is 0 Å². The molecule has 1 aliphatic rings. The number of piperidine rings is 1. The minimum Gasteiger partial charge on any atom is -0.355 e. The Hall–Kier alpha value is -1.97. The summed E-state index contributed by atoms with van der Waals surface area (Å²) < 4.78 is 26.4. The molecule has 1 saturated heterocycles. The Morgan fingerprint density at radius 2 is 1.90 bits per heavy atom. The smallest absolute Gasteiger partial charge is 0.243 e. The minimum atomic E-state index is -3.79. The first-order valence-corrected chi connectivity index (χ1v) is 11.4. The van der Waals surface area contributed by atoms with E-state index in [1.807, 2.05) is 0 Å². The van der Waals surface area contributed by atoms with Crippen molar-refractivity contribution in [3.63, 3.8) is 0 Å². The first-order valence-electron chi connectivity index (χ1n) is 9.94. The molecule has 0 saturated carbocycles. The number of benzene rings is 1. The molecule has 1 atom stereocenters. The summed E-state index contributed by atoms with van der Waals surface area (Å²) >= 11 is 0. The number of anilines is 1. The maximum atomic E-state index is 12.7. The molecule has 1 aliphatic heterocycles. The van der Waals surface area contributed by atoms with E-state index in [4.69, 9.17) is 0 Å². The van der Waals surface area contributed by atoms with Crippen LogP contribution in [-0.2, 0) is 19.6 Å². The van der Waals surface area contributed by atoms with E-state index < -0.39 is 10.0 Å². The van der Waals surface area contributed by atoms with E-state index in [0.717, 1.165) is 30.2 Å². The summed E-state index contributed by atoms with van der Waals surface area (Å²) in [6.45, 7) is 8.08. The van der Waals surface area contributed by atoms with Gasteiger partial charge in [-0.25, -0.2) is 8.42 Å². The summed E-state index contributed by atoms with van der Waals surface area (Å²) in [5.41, 5.74) is 0.514. The van der Waals surface area contributed by atoms with Gasteiger partial charge in [-0.3, -0.25) is 9.59 Å². The van der Waals surface area contributed by atoms with Gasteiger partial charge in [0.25, 0.3) is 0 Å². The average Bonchev–Trinajstić information content (AvgIpc) is 2.66. The lowest BCUT2D eigenvalue weighted by Crippen LogP contribution is -2.45. The molecule has 0 radical (unpaired) electrons. The Morgan fingerprint density at radius 1 is 1.24 bits per heavy atom. The maximum Gasteiger partial charge on any atom is 0.243 e. The van der Waals surface area contributed by atoms with Crippen LogP contribution in [0.2, 0.25) is 0 Å². The Balaban J connectivity index is 1.88. The molecule has 1 unspecified atom stereocenters. The quantitative estimate of drug-likeness (QED) is 0.659. The van der Waals surface area contributed by atoms with Crippen LogP contribution in [0, 0.1) is 5.92 Å². The lowest BCUT2D eigenvalue weighted by atomic mass is 9.97. The fraction of sp³-hybridized carbons (Fsp3) is 0.600. The summed E-state index contributed by atoms with van der Waals surface area (Å²) in [4.78, 5) is 25.8. The third kappa shape index (κ3) is 6.80. The van der Waals surface area contributed by atoms with Gasteiger partial charge in [0.1, 0.15) is 0 Å². The number of carbonyl (C=O) groups is 2. The molecule has 1 aromatic rings. The van der Waals surface area contributed by atoms with Gasteiger partial charge in [-0.15, -0.1) is 0 Å². The predicted octanol–water partition coefficient (Wildman–Crippen LogP) is 1.50. The van der Waals surface area contributed by atoms with Gasteiger partial charge in [0.15, 0.2) is 0 Å². The molecule has 1 aromatic carbocycles. The highest BCUT2D eigenvalue weighted by Gasteiger charge is 2.25. The number of likely N-dealkylation sites (N-methyl/N-ethyl adjacent to an activating group) is 1. The average molecular weight is 425 g/mol. The van der Waals surface area contributed by atoms with Crippen molar-refractivity contribution >= 4 is 27.5 Å². The van der Waals surface area contributed by atoms with Crippen molar-refractivity contribution in [1.29, 1.82) is 0 Å². The predicted molar refractivity (Wildman–Crippen MR) is 113 cm³/mol. The number of hydrogen-bond donors (Lipinski definition) is 2. The van der Waals surface area contributed by atoms with Gasteiger partial charge in [0.05, 0.1) is 11.4 Å². The van der Waals surface area contributed by atoms with Crippen LogP contribution in [0.5, 0.6) is 0 Å². The second-order valence-corrected chi connectivity index (χ2v) is 9.91. The van der Waals surface area contributed by atoms with E-state index in [1.165, 1.54) is 38.2 Å².